The second-order valence-electron chi connectivity index (χ2n) is 7.30. The molecule has 3 N–H and O–H groups in total. The highest BCUT2D eigenvalue weighted by Crippen LogP contribution is 2.28. The monoisotopic (exact) mass is 440 g/mol. The van der Waals surface area contributed by atoms with Crippen LogP contribution in [0.15, 0.2) is 48.5 Å². The Morgan fingerprint density at radius 2 is 1.81 bits per heavy atom. The molecule has 0 aliphatic carbocycles. The SMILES string of the molecule is CC(=O)Nc1ccc2nc(NC(=O)[C@@H](NC(=O)OCc3ccccc3)C(C)C)sc2c1. The molecule has 1 heterocycles. The van der Waals surface area contributed by atoms with Crippen molar-refractivity contribution in [3.05, 3.63) is 54.1 Å². The Balaban J connectivity index is 1.63. The van der Waals surface area contributed by atoms with Crippen molar-refractivity contribution in [2.45, 2.75) is 33.4 Å². The zero-order chi connectivity index (χ0) is 22.4. The molecule has 1 atom stereocenters. The fraction of sp³-hybridized carbons (Fsp3) is 0.273. The van der Waals surface area contributed by atoms with E-state index in [0.29, 0.717) is 16.3 Å². The van der Waals surface area contributed by atoms with E-state index < -0.39 is 12.1 Å². The third-order valence-electron chi connectivity index (χ3n) is 4.37. The third-order valence-corrected chi connectivity index (χ3v) is 5.31. The number of anilines is 2. The highest BCUT2D eigenvalue weighted by Gasteiger charge is 2.26. The number of nitrogens with one attached hydrogen (secondary N) is 3. The normalized spacial score (nSPS) is 11.7. The van der Waals surface area contributed by atoms with Gasteiger partial charge in [-0.05, 0) is 29.7 Å². The topological polar surface area (TPSA) is 109 Å². The number of fused-ring (bicyclic) bond motifs is 1. The summed E-state index contributed by atoms with van der Waals surface area (Å²) in [5.74, 6) is -0.708. The van der Waals surface area contributed by atoms with Crippen molar-refractivity contribution in [3.8, 4) is 0 Å². The van der Waals surface area contributed by atoms with E-state index >= 15 is 0 Å². The molecule has 162 valence electrons. The maximum Gasteiger partial charge on any atom is 0.408 e. The lowest BCUT2D eigenvalue weighted by Crippen LogP contribution is -2.47. The minimum absolute atomic E-state index is 0.119. The standard InChI is InChI=1S/C22H24N4O4S/c1-13(2)19(25-22(29)30-12-15-7-5-4-6-8-15)20(28)26-21-24-17-10-9-16(23-14(3)27)11-18(17)31-21/h4-11,13,19H,12H2,1-3H3,(H,23,27)(H,25,29)(H,24,26,28)/t19-/m0/s1. The summed E-state index contributed by atoms with van der Waals surface area (Å²) in [6, 6.07) is 13.8. The Morgan fingerprint density at radius 3 is 2.48 bits per heavy atom. The molecule has 3 rings (SSSR count). The molecule has 0 aliphatic rings. The number of thiazole rings is 1. The van der Waals surface area contributed by atoms with Crippen LogP contribution in [0.1, 0.15) is 26.3 Å². The molecular weight excluding hydrogens is 416 g/mol. The molecule has 9 heteroatoms. The zero-order valence-electron chi connectivity index (χ0n) is 17.5. The van der Waals surface area contributed by atoms with Crippen LogP contribution in [0.2, 0.25) is 0 Å². The summed E-state index contributed by atoms with van der Waals surface area (Å²) in [6.45, 7) is 5.22. The van der Waals surface area contributed by atoms with E-state index in [1.54, 1.807) is 18.2 Å². The van der Waals surface area contributed by atoms with Crippen LogP contribution in [0.3, 0.4) is 0 Å². The Hall–Kier alpha value is -3.46. The van der Waals surface area contributed by atoms with E-state index in [9.17, 15) is 14.4 Å². The number of carbonyl (C=O) groups is 3. The second-order valence-corrected chi connectivity index (χ2v) is 8.33. The molecule has 0 unspecified atom stereocenters. The van der Waals surface area contributed by atoms with Crippen LogP contribution < -0.4 is 16.0 Å². The van der Waals surface area contributed by atoms with Crippen LogP contribution in [0.5, 0.6) is 0 Å². The van der Waals surface area contributed by atoms with E-state index in [4.69, 9.17) is 4.74 Å². The maximum absolute atomic E-state index is 12.8. The van der Waals surface area contributed by atoms with Crippen LogP contribution in [-0.4, -0.2) is 28.9 Å². The lowest BCUT2D eigenvalue weighted by molar-refractivity contribution is -0.119. The van der Waals surface area contributed by atoms with Crippen LogP contribution in [0.25, 0.3) is 10.2 Å². The van der Waals surface area contributed by atoms with Gasteiger partial charge in [-0.2, -0.15) is 0 Å². The van der Waals surface area contributed by atoms with Crippen LogP contribution >= 0.6 is 11.3 Å². The van der Waals surface area contributed by atoms with Gasteiger partial charge >= 0.3 is 6.09 Å². The first-order valence-electron chi connectivity index (χ1n) is 9.78. The minimum atomic E-state index is -0.787. The van der Waals surface area contributed by atoms with Crippen molar-refractivity contribution in [2.24, 2.45) is 5.92 Å². The molecule has 0 spiro atoms. The van der Waals surface area contributed by atoms with E-state index in [0.717, 1.165) is 10.3 Å². The molecule has 0 radical (unpaired) electrons. The maximum atomic E-state index is 12.8. The van der Waals surface area contributed by atoms with Crippen molar-refractivity contribution in [1.82, 2.24) is 10.3 Å². The summed E-state index contributed by atoms with van der Waals surface area (Å²) < 4.78 is 6.04. The molecule has 0 fully saturated rings. The molecule has 8 nitrogen and oxygen atoms in total. The lowest BCUT2D eigenvalue weighted by atomic mass is 10.0. The van der Waals surface area contributed by atoms with Crippen molar-refractivity contribution in [3.63, 3.8) is 0 Å². The molecule has 31 heavy (non-hydrogen) atoms. The number of alkyl carbamates (subject to hydrolysis) is 1. The number of carbonyl (C=O) groups excluding carboxylic acids is 3. The highest BCUT2D eigenvalue weighted by atomic mass is 32.1. The molecule has 2 aromatic carbocycles. The summed E-state index contributed by atoms with van der Waals surface area (Å²) in [5.41, 5.74) is 2.21. The second kappa shape index (κ2) is 10.0. The third kappa shape index (κ3) is 6.26. The summed E-state index contributed by atoms with van der Waals surface area (Å²) >= 11 is 1.28. The van der Waals surface area contributed by atoms with E-state index in [1.165, 1.54) is 18.3 Å². The van der Waals surface area contributed by atoms with Gasteiger partial charge in [0.05, 0.1) is 10.2 Å². The van der Waals surface area contributed by atoms with Gasteiger partial charge < -0.3 is 20.7 Å². The summed E-state index contributed by atoms with van der Waals surface area (Å²) in [6.07, 6.45) is -0.665. The first-order valence-corrected chi connectivity index (χ1v) is 10.6. The lowest BCUT2D eigenvalue weighted by Gasteiger charge is -2.20. The number of hydrogen-bond acceptors (Lipinski definition) is 6. The van der Waals surface area contributed by atoms with Gasteiger partial charge in [0, 0.05) is 12.6 Å². The van der Waals surface area contributed by atoms with E-state index in [-0.39, 0.29) is 24.3 Å². The summed E-state index contributed by atoms with van der Waals surface area (Å²) in [4.78, 5) is 40.6. The number of aromatic nitrogens is 1. The number of benzene rings is 2. The zero-order valence-corrected chi connectivity index (χ0v) is 18.3. The highest BCUT2D eigenvalue weighted by molar-refractivity contribution is 7.22. The predicted molar refractivity (Wildman–Crippen MR) is 121 cm³/mol. The minimum Gasteiger partial charge on any atom is -0.445 e. The summed E-state index contributed by atoms with van der Waals surface area (Å²) in [7, 11) is 0. The molecular formula is C22H24N4O4S. The number of amides is 3. The van der Waals surface area contributed by atoms with Gasteiger partial charge in [0.1, 0.15) is 12.6 Å². The number of hydrogen-bond donors (Lipinski definition) is 3. The molecule has 1 aromatic heterocycles. The van der Waals surface area contributed by atoms with Gasteiger partial charge in [-0.3, -0.25) is 9.59 Å². The largest absolute Gasteiger partial charge is 0.445 e. The Kier molecular flexibility index (Phi) is 7.19. The van der Waals surface area contributed by atoms with E-state index in [1.807, 2.05) is 44.2 Å². The van der Waals surface area contributed by atoms with Gasteiger partial charge in [0.15, 0.2) is 5.13 Å². The number of ether oxygens (including phenoxy) is 1. The Bertz CT molecular complexity index is 1080. The van der Waals surface area contributed by atoms with E-state index in [2.05, 4.69) is 20.9 Å². The molecule has 0 saturated carbocycles. The molecule has 0 bridgehead atoms. The molecule has 3 aromatic rings. The van der Waals surface area contributed by atoms with Gasteiger partial charge in [-0.15, -0.1) is 0 Å². The first-order chi connectivity index (χ1) is 14.8. The molecule has 3 amide bonds. The average molecular weight is 441 g/mol. The number of rotatable bonds is 7. The van der Waals surface area contributed by atoms with Gasteiger partial charge in [0.25, 0.3) is 0 Å². The van der Waals surface area contributed by atoms with Crippen molar-refractivity contribution < 1.29 is 19.1 Å². The van der Waals surface area contributed by atoms with Crippen molar-refractivity contribution in [1.29, 1.82) is 0 Å². The average Bonchev–Trinajstić information content (AvgIpc) is 3.11. The molecule has 0 saturated heterocycles. The van der Waals surface area contributed by atoms with Crippen LogP contribution in [0.4, 0.5) is 15.6 Å². The van der Waals surface area contributed by atoms with Crippen molar-refractivity contribution in [2.75, 3.05) is 10.6 Å². The summed E-state index contributed by atoms with van der Waals surface area (Å²) in [5, 5.41) is 8.51. The van der Waals surface area contributed by atoms with Gasteiger partial charge in [0.2, 0.25) is 11.8 Å². The van der Waals surface area contributed by atoms with Gasteiger partial charge in [-0.25, -0.2) is 9.78 Å². The Labute approximate surface area is 184 Å². The van der Waals surface area contributed by atoms with Crippen LogP contribution in [-0.2, 0) is 20.9 Å². The molecule has 0 aliphatic heterocycles. The van der Waals surface area contributed by atoms with Crippen molar-refractivity contribution >= 4 is 50.3 Å². The first kappa shape index (κ1) is 22.2. The predicted octanol–water partition coefficient (Wildman–Crippen LogP) is 4.14. The van der Waals surface area contributed by atoms with Gasteiger partial charge in [-0.1, -0.05) is 55.5 Å². The smallest absolute Gasteiger partial charge is 0.408 e. The Morgan fingerprint density at radius 1 is 1.06 bits per heavy atom. The van der Waals surface area contributed by atoms with Crippen LogP contribution in [0, 0.1) is 5.92 Å². The number of nitrogens with zero attached hydrogens (tertiary/aromatic N) is 1. The fourth-order valence-electron chi connectivity index (χ4n) is 2.87. The quantitative estimate of drug-likeness (QED) is 0.511. The fourth-order valence-corrected chi connectivity index (χ4v) is 3.78.